The quantitative estimate of drug-likeness (QED) is 0.615. The van der Waals surface area contributed by atoms with Crippen LogP contribution in [0.5, 0.6) is 5.75 Å². The summed E-state index contributed by atoms with van der Waals surface area (Å²) in [5.41, 5.74) is 3.58. The lowest BCUT2D eigenvalue weighted by atomic mass is 10.0. The predicted molar refractivity (Wildman–Crippen MR) is 111 cm³/mol. The van der Waals surface area contributed by atoms with Crippen LogP contribution in [0.4, 0.5) is 0 Å². The molecule has 7 heteroatoms. The Balaban J connectivity index is 1.80. The van der Waals surface area contributed by atoms with Crippen LogP contribution in [0.25, 0.3) is 0 Å². The molecule has 1 aliphatic heterocycles. The number of benzene rings is 2. The standard InChI is InChI=1S/C21H20N2O3S2/c1-15-6-8-19(9-7-15)28(24,25)23-21(16-4-3-5-18(12-16)26-2)13-20(22-23)17-10-11-27-14-17/h3-12,14,21H,13H2,1-2H3. The molecular weight excluding hydrogens is 392 g/mol. The van der Waals surface area contributed by atoms with Crippen molar-refractivity contribution in [3.8, 4) is 5.75 Å². The van der Waals surface area contributed by atoms with Crippen molar-refractivity contribution < 1.29 is 13.2 Å². The largest absolute Gasteiger partial charge is 0.497 e. The average Bonchev–Trinajstić information content (AvgIpc) is 3.38. The highest BCUT2D eigenvalue weighted by Gasteiger charge is 2.37. The molecule has 0 saturated heterocycles. The zero-order valence-corrected chi connectivity index (χ0v) is 17.2. The highest BCUT2D eigenvalue weighted by molar-refractivity contribution is 7.89. The molecule has 2 aromatic carbocycles. The van der Waals surface area contributed by atoms with Crippen LogP contribution >= 0.6 is 11.3 Å². The molecule has 28 heavy (non-hydrogen) atoms. The van der Waals surface area contributed by atoms with E-state index >= 15 is 0 Å². The molecule has 0 amide bonds. The molecule has 0 spiro atoms. The van der Waals surface area contributed by atoms with Gasteiger partial charge in [0.1, 0.15) is 5.75 Å². The van der Waals surface area contributed by atoms with Crippen LogP contribution in [0.1, 0.15) is 29.2 Å². The van der Waals surface area contributed by atoms with Crippen molar-refractivity contribution in [1.82, 2.24) is 4.41 Å². The first-order valence-electron chi connectivity index (χ1n) is 8.84. The third-order valence-corrected chi connectivity index (χ3v) is 7.15. The van der Waals surface area contributed by atoms with Gasteiger partial charge in [0.15, 0.2) is 0 Å². The van der Waals surface area contributed by atoms with Crippen molar-refractivity contribution in [2.75, 3.05) is 7.11 Å². The summed E-state index contributed by atoms with van der Waals surface area (Å²) in [6.45, 7) is 1.93. The number of thiophene rings is 1. The molecular formula is C21H20N2O3S2. The Labute approximate surface area is 169 Å². The van der Waals surface area contributed by atoms with Crippen LogP contribution in [-0.4, -0.2) is 25.7 Å². The van der Waals surface area contributed by atoms with Crippen LogP contribution in [-0.2, 0) is 10.0 Å². The number of hydrazone groups is 1. The molecule has 1 unspecified atom stereocenters. The number of ether oxygens (including phenoxy) is 1. The zero-order valence-electron chi connectivity index (χ0n) is 15.6. The SMILES string of the molecule is COc1cccc(C2CC(c3ccsc3)=NN2S(=O)(=O)c2ccc(C)cc2)c1. The molecule has 4 rings (SSSR count). The van der Waals surface area contributed by atoms with Gasteiger partial charge < -0.3 is 4.74 Å². The minimum atomic E-state index is -3.79. The molecule has 0 saturated carbocycles. The first-order valence-corrected chi connectivity index (χ1v) is 11.2. The van der Waals surface area contributed by atoms with Gasteiger partial charge in [-0.1, -0.05) is 29.8 Å². The monoisotopic (exact) mass is 412 g/mol. The van der Waals surface area contributed by atoms with Crippen molar-refractivity contribution in [3.63, 3.8) is 0 Å². The van der Waals surface area contributed by atoms with E-state index in [1.165, 1.54) is 4.41 Å². The third-order valence-electron chi connectivity index (χ3n) is 4.77. The number of hydrogen-bond acceptors (Lipinski definition) is 5. The Morgan fingerprint density at radius 1 is 1.14 bits per heavy atom. The van der Waals surface area contributed by atoms with E-state index in [2.05, 4.69) is 5.10 Å². The van der Waals surface area contributed by atoms with Gasteiger partial charge >= 0.3 is 0 Å². The van der Waals surface area contributed by atoms with Gasteiger partial charge in [-0.05, 0) is 53.6 Å². The second-order valence-electron chi connectivity index (χ2n) is 6.65. The van der Waals surface area contributed by atoms with Crippen LogP contribution in [0.2, 0.25) is 0 Å². The maximum atomic E-state index is 13.4. The number of methoxy groups -OCH3 is 1. The number of nitrogens with zero attached hydrogens (tertiary/aromatic N) is 2. The van der Waals surface area contributed by atoms with Crippen molar-refractivity contribution in [2.45, 2.75) is 24.3 Å². The second-order valence-corrected chi connectivity index (χ2v) is 9.22. The summed E-state index contributed by atoms with van der Waals surface area (Å²) in [5, 5.41) is 8.50. The maximum absolute atomic E-state index is 13.4. The van der Waals surface area contributed by atoms with E-state index in [0.29, 0.717) is 12.2 Å². The Kier molecular flexibility index (Phi) is 4.95. The summed E-state index contributed by atoms with van der Waals surface area (Å²) in [7, 11) is -2.19. The molecule has 3 aromatic rings. The molecule has 2 heterocycles. The topological polar surface area (TPSA) is 59.0 Å². The van der Waals surface area contributed by atoms with Gasteiger partial charge in [0.05, 0.1) is 23.8 Å². The predicted octanol–water partition coefficient (Wildman–Crippen LogP) is 4.61. The van der Waals surface area contributed by atoms with Gasteiger partial charge in [-0.25, -0.2) is 0 Å². The highest BCUT2D eigenvalue weighted by Crippen LogP contribution is 2.38. The summed E-state index contributed by atoms with van der Waals surface area (Å²) in [5.74, 6) is 0.689. The van der Waals surface area contributed by atoms with Crippen LogP contribution in [0.15, 0.2) is 75.4 Å². The van der Waals surface area contributed by atoms with Crippen molar-refractivity contribution in [2.24, 2.45) is 5.10 Å². The van der Waals surface area contributed by atoms with Gasteiger partial charge in [0.2, 0.25) is 0 Å². The van der Waals surface area contributed by atoms with Gasteiger partial charge in [-0.3, -0.25) is 0 Å². The lowest BCUT2D eigenvalue weighted by Crippen LogP contribution is -2.27. The van der Waals surface area contributed by atoms with Gasteiger partial charge in [0.25, 0.3) is 10.0 Å². The Morgan fingerprint density at radius 2 is 1.93 bits per heavy atom. The molecule has 0 bridgehead atoms. The molecule has 0 aliphatic carbocycles. The van der Waals surface area contributed by atoms with Gasteiger partial charge in [-0.15, -0.1) is 0 Å². The van der Waals surface area contributed by atoms with E-state index in [4.69, 9.17) is 4.74 Å². The van der Waals surface area contributed by atoms with Gasteiger partial charge in [0, 0.05) is 12.0 Å². The highest BCUT2D eigenvalue weighted by atomic mass is 32.2. The Morgan fingerprint density at radius 3 is 2.61 bits per heavy atom. The first-order chi connectivity index (χ1) is 13.5. The molecule has 1 aromatic heterocycles. The summed E-state index contributed by atoms with van der Waals surface area (Å²) in [6.07, 6.45) is 0.509. The van der Waals surface area contributed by atoms with Crippen molar-refractivity contribution in [1.29, 1.82) is 0 Å². The first kappa shape index (κ1) is 18.7. The Bertz CT molecular complexity index is 1100. The minimum Gasteiger partial charge on any atom is -0.497 e. The summed E-state index contributed by atoms with van der Waals surface area (Å²) in [6, 6.07) is 15.9. The number of aryl methyl sites for hydroxylation is 1. The van der Waals surface area contributed by atoms with Crippen LogP contribution in [0, 0.1) is 6.92 Å². The van der Waals surface area contributed by atoms with E-state index in [1.54, 1.807) is 42.7 Å². The molecule has 144 valence electrons. The van der Waals surface area contributed by atoms with E-state index in [1.807, 2.05) is 48.0 Å². The fourth-order valence-corrected chi connectivity index (χ4v) is 5.33. The fraction of sp³-hybridized carbons (Fsp3) is 0.190. The minimum absolute atomic E-state index is 0.237. The van der Waals surface area contributed by atoms with Crippen LogP contribution in [0.3, 0.4) is 0 Å². The lowest BCUT2D eigenvalue weighted by Gasteiger charge is -2.23. The molecule has 0 radical (unpaired) electrons. The van der Waals surface area contributed by atoms with E-state index in [-0.39, 0.29) is 4.90 Å². The summed E-state index contributed by atoms with van der Waals surface area (Å²) in [4.78, 5) is 0.237. The van der Waals surface area contributed by atoms with E-state index < -0.39 is 16.1 Å². The molecule has 0 fully saturated rings. The fourth-order valence-electron chi connectivity index (χ4n) is 3.23. The zero-order chi connectivity index (χ0) is 19.7. The van der Waals surface area contributed by atoms with Crippen molar-refractivity contribution >= 4 is 27.1 Å². The number of rotatable bonds is 5. The molecule has 5 nitrogen and oxygen atoms in total. The second kappa shape index (κ2) is 7.41. The lowest BCUT2D eigenvalue weighted by molar-refractivity contribution is 0.368. The summed E-state index contributed by atoms with van der Waals surface area (Å²) >= 11 is 1.57. The average molecular weight is 413 g/mol. The normalized spacial score (nSPS) is 16.9. The smallest absolute Gasteiger partial charge is 0.279 e. The molecule has 1 atom stereocenters. The summed E-state index contributed by atoms with van der Waals surface area (Å²) < 4.78 is 33.4. The van der Waals surface area contributed by atoms with E-state index in [0.717, 1.165) is 22.4 Å². The number of hydrogen-bond donors (Lipinski definition) is 0. The molecule has 0 N–H and O–H groups in total. The van der Waals surface area contributed by atoms with Crippen LogP contribution < -0.4 is 4.74 Å². The van der Waals surface area contributed by atoms with E-state index in [9.17, 15) is 8.42 Å². The third kappa shape index (κ3) is 3.43. The maximum Gasteiger partial charge on any atom is 0.279 e. The number of sulfonamides is 1. The van der Waals surface area contributed by atoms with Gasteiger partial charge in [-0.2, -0.15) is 29.3 Å². The Hall–Kier alpha value is -2.64. The molecule has 1 aliphatic rings. The van der Waals surface area contributed by atoms with Crippen molar-refractivity contribution in [3.05, 3.63) is 82.0 Å².